The number of halogens is 2. The van der Waals surface area contributed by atoms with Crippen molar-refractivity contribution in [3.05, 3.63) is 88.9 Å². The summed E-state index contributed by atoms with van der Waals surface area (Å²) in [5.74, 6) is -0.167. The fraction of sp³-hybridized carbons (Fsp3) is 0.167. The van der Waals surface area contributed by atoms with Gasteiger partial charge in [-0.3, -0.25) is 10.2 Å². The molecular weight excluding hydrogens is 527 g/mol. The van der Waals surface area contributed by atoms with Crippen molar-refractivity contribution in [2.75, 3.05) is 10.6 Å². The van der Waals surface area contributed by atoms with Gasteiger partial charge in [0, 0.05) is 17.8 Å². The Balaban J connectivity index is 0.000000625. The first-order valence-corrected chi connectivity index (χ1v) is 13.3. The van der Waals surface area contributed by atoms with Gasteiger partial charge in [-0.1, -0.05) is 79.0 Å². The van der Waals surface area contributed by atoms with Gasteiger partial charge in [0.2, 0.25) is 5.91 Å². The number of anilines is 2. The van der Waals surface area contributed by atoms with Crippen LogP contribution in [0.3, 0.4) is 0 Å². The monoisotopic (exact) mass is 552 g/mol. The number of carbonyl (C=O) groups excluding carboxylic acids is 1. The van der Waals surface area contributed by atoms with E-state index in [-0.39, 0.29) is 15.9 Å². The third kappa shape index (κ3) is 10.6. The molecule has 0 heterocycles. The van der Waals surface area contributed by atoms with Gasteiger partial charge in [-0.25, -0.2) is 8.42 Å². The average Bonchev–Trinajstić information content (AvgIpc) is 2.85. The van der Waals surface area contributed by atoms with Crippen molar-refractivity contribution in [2.45, 2.75) is 31.1 Å². The maximum Gasteiger partial charge on any atom is 0.257 e. The molecule has 0 unspecified atom stereocenters. The molecule has 7 nitrogen and oxygen atoms in total. The number of sulfonamides is 1. The van der Waals surface area contributed by atoms with Crippen LogP contribution in [0, 0.1) is 0 Å². The predicted molar refractivity (Wildman–Crippen MR) is 147 cm³/mol. The van der Waals surface area contributed by atoms with Gasteiger partial charge >= 0.3 is 0 Å². The van der Waals surface area contributed by atoms with Gasteiger partial charge in [-0.15, -0.1) is 4.83 Å². The van der Waals surface area contributed by atoms with Gasteiger partial charge < -0.3 is 10.6 Å². The maximum atomic E-state index is 12.5. The van der Waals surface area contributed by atoms with Crippen molar-refractivity contribution in [1.29, 1.82) is 0 Å². The molecule has 0 aliphatic carbocycles. The molecule has 0 saturated carbocycles. The zero-order valence-electron chi connectivity index (χ0n) is 18.9. The number of benzene rings is 3. The standard InChI is InChI=1S/C18H20Cl2N4O3S2.C6H6/c1-2-3-7-17(25)21-12-5-4-6-14(10-12)29(26,27)24-23-18(28)22-13-8-9-15(19)16(20)11-13;1-2-4-6-5-3-1/h4-6,8-11,24H,2-3,7H2,1H3,(H,21,25)(H2,22,23,28);1-6H. The number of carbonyl (C=O) groups is 1. The third-order valence-corrected chi connectivity index (χ3v) is 6.52. The highest BCUT2D eigenvalue weighted by Crippen LogP contribution is 2.25. The molecule has 0 spiro atoms. The number of nitrogens with one attached hydrogen (secondary N) is 4. The highest BCUT2D eigenvalue weighted by Gasteiger charge is 2.15. The van der Waals surface area contributed by atoms with Crippen LogP contribution in [-0.4, -0.2) is 19.4 Å². The Labute approximate surface area is 221 Å². The van der Waals surface area contributed by atoms with Crippen molar-refractivity contribution in [3.63, 3.8) is 0 Å². The van der Waals surface area contributed by atoms with Gasteiger partial charge in [-0.05, 0) is 55.0 Å². The average molecular weight is 554 g/mol. The molecule has 0 aromatic heterocycles. The van der Waals surface area contributed by atoms with Crippen LogP contribution in [0.15, 0.2) is 83.8 Å². The van der Waals surface area contributed by atoms with Gasteiger partial charge in [0.05, 0.1) is 14.9 Å². The molecule has 186 valence electrons. The molecule has 0 aliphatic rings. The molecule has 4 N–H and O–H groups in total. The van der Waals surface area contributed by atoms with Gasteiger partial charge in [0.25, 0.3) is 10.0 Å². The van der Waals surface area contributed by atoms with Crippen LogP contribution in [-0.2, 0) is 14.8 Å². The lowest BCUT2D eigenvalue weighted by molar-refractivity contribution is -0.116. The normalized spacial score (nSPS) is 10.5. The number of hydrazine groups is 1. The first-order chi connectivity index (χ1) is 16.7. The van der Waals surface area contributed by atoms with Crippen LogP contribution in [0.25, 0.3) is 0 Å². The van der Waals surface area contributed by atoms with E-state index in [9.17, 15) is 13.2 Å². The van der Waals surface area contributed by atoms with E-state index < -0.39 is 10.0 Å². The Morgan fingerprint density at radius 3 is 2.09 bits per heavy atom. The number of hydrogen-bond donors (Lipinski definition) is 4. The van der Waals surface area contributed by atoms with E-state index in [1.165, 1.54) is 18.2 Å². The number of hydrogen-bond acceptors (Lipinski definition) is 4. The fourth-order valence-electron chi connectivity index (χ4n) is 2.60. The highest BCUT2D eigenvalue weighted by molar-refractivity contribution is 7.89. The minimum absolute atomic E-state index is 0.0102. The summed E-state index contributed by atoms with van der Waals surface area (Å²) >= 11 is 16.8. The van der Waals surface area contributed by atoms with E-state index >= 15 is 0 Å². The van der Waals surface area contributed by atoms with Gasteiger partial charge in [0.15, 0.2) is 5.11 Å². The maximum absolute atomic E-state index is 12.5. The molecule has 3 aromatic rings. The molecule has 0 aliphatic heterocycles. The zero-order valence-corrected chi connectivity index (χ0v) is 22.1. The van der Waals surface area contributed by atoms with Crippen molar-refractivity contribution in [2.24, 2.45) is 0 Å². The first-order valence-electron chi connectivity index (χ1n) is 10.6. The Bertz CT molecular complexity index is 1200. The fourth-order valence-corrected chi connectivity index (χ4v) is 4.02. The Morgan fingerprint density at radius 2 is 1.49 bits per heavy atom. The van der Waals surface area contributed by atoms with Crippen molar-refractivity contribution in [3.8, 4) is 0 Å². The van der Waals surface area contributed by atoms with Crippen molar-refractivity contribution >= 4 is 67.8 Å². The van der Waals surface area contributed by atoms with Crippen LogP contribution in [0.2, 0.25) is 10.0 Å². The third-order valence-electron chi connectivity index (χ3n) is 4.33. The van der Waals surface area contributed by atoms with Crippen LogP contribution >= 0.6 is 35.4 Å². The van der Waals surface area contributed by atoms with Crippen LogP contribution in [0.1, 0.15) is 26.2 Å². The summed E-state index contributed by atoms with van der Waals surface area (Å²) in [5, 5.41) is 6.20. The highest BCUT2D eigenvalue weighted by atomic mass is 35.5. The molecule has 11 heteroatoms. The Kier molecular flexibility index (Phi) is 11.9. The summed E-state index contributed by atoms with van der Waals surface area (Å²) < 4.78 is 25.0. The molecule has 0 bridgehead atoms. The summed E-state index contributed by atoms with van der Waals surface area (Å²) in [7, 11) is -3.92. The number of rotatable bonds is 8. The Hall–Kier alpha value is -2.69. The van der Waals surface area contributed by atoms with E-state index in [4.69, 9.17) is 35.4 Å². The summed E-state index contributed by atoms with van der Waals surface area (Å²) in [4.78, 5) is 14.0. The summed E-state index contributed by atoms with van der Waals surface area (Å²) in [6, 6.07) is 22.7. The predicted octanol–water partition coefficient (Wildman–Crippen LogP) is 5.99. The molecule has 3 aromatic carbocycles. The lowest BCUT2D eigenvalue weighted by Crippen LogP contribution is -2.43. The zero-order chi connectivity index (χ0) is 25.7. The largest absolute Gasteiger partial charge is 0.332 e. The first kappa shape index (κ1) is 28.5. The van der Waals surface area contributed by atoms with Crippen molar-refractivity contribution < 1.29 is 13.2 Å². The molecular formula is C24H26Cl2N4O3S2. The SMILES string of the molecule is CCCCC(=O)Nc1cccc(S(=O)(=O)NNC(=S)Nc2ccc(Cl)c(Cl)c2)c1.c1ccccc1. The van der Waals surface area contributed by atoms with Crippen LogP contribution in [0.5, 0.6) is 0 Å². The molecule has 0 radical (unpaired) electrons. The minimum atomic E-state index is -3.92. The quantitative estimate of drug-likeness (QED) is 0.202. The molecule has 35 heavy (non-hydrogen) atoms. The smallest absolute Gasteiger partial charge is 0.257 e. The number of unbranched alkanes of at least 4 members (excludes halogenated alkanes) is 1. The summed E-state index contributed by atoms with van der Waals surface area (Å²) in [5.41, 5.74) is 3.34. The van der Waals surface area contributed by atoms with Gasteiger partial charge in [-0.2, -0.15) is 0 Å². The number of thiocarbonyl (C=S) groups is 1. The second-order valence-corrected chi connectivity index (χ2v) is 10.1. The minimum Gasteiger partial charge on any atom is -0.332 e. The second-order valence-electron chi connectivity index (χ2n) is 7.15. The van der Waals surface area contributed by atoms with Gasteiger partial charge in [0.1, 0.15) is 0 Å². The van der Waals surface area contributed by atoms with E-state index in [2.05, 4.69) is 20.9 Å². The van der Waals surface area contributed by atoms with Crippen LogP contribution < -0.4 is 20.9 Å². The topological polar surface area (TPSA) is 99.3 Å². The molecule has 0 saturated heterocycles. The molecule has 0 atom stereocenters. The molecule has 3 rings (SSSR count). The summed E-state index contributed by atoms with van der Waals surface area (Å²) in [6.07, 6.45) is 2.04. The molecule has 1 amide bonds. The molecule has 0 fully saturated rings. The van der Waals surface area contributed by atoms with E-state index in [0.29, 0.717) is 27.8 Å². The lowest BCUT2D eigenvalue weighted by atomic mass is 10.2. The second kappa shape index (κ2) is 14.7. The van der Waals surface area contributed by atoms with E-state index in [0.717, 1.165) is 12.8 Å². The number of amides is 1. The van der Waals surface area contributed by atoms with Crippen LogP contribution in [0.4, 0.5) is 11.4 Å². The van der Waals surface area contributed by atoms with E-state index in [1.54, 1.807) is 24.3 Å². The Morgan fingerprint density at radius 1 is 0.857 bits per heavy atom. The summed E-state index contributed by atoms with van der Waals surface area (Å²) in [6.45, 7) is 1.99. The van der Waals surface area contributed by atoms with Crippen molar-refractivity contribution in [1.82, 2.24) is 10.3 Å². The van der Waals surface area contributed by atoms with E-state index in [1.807, 2.05) is 43.3 Å². The lowest BCUT2D eigenvalue weighted by Gasteiger charge is -2.13.